The van der Waals surface area contributed by atoms with Gasteiger partial charge in [0.25, 0.3) is 0 Å². The van der Waals surface area contributed by atoms with Crippen molar-refractivity contribution in [3.63, 3.8) is 0 Å². The van der Waals surface area contributed by atoms with Crippen molar-refractivity contribution >= 4 is 179 Å². The van der Waals surface area contributed by atoms with E-state index in [4.69, 9.17) is 34.3 Å². The quantitative estimate of drug-likeness (QED) is 0.225. The number of phosphoric acid groups is 1. The molecule has 0 aromatic heterocycles. The van der Waals surface area contributed by atoms with Gasteiger partial charge in [0.1, 0.15) is 0 Å². The van der Waals surface area contributed by atoms with Crippen molar-refractivity contribution in [2.75, 3.05) is 0 Å². The predicted octanol–water partition coefficient (Wildman–Crippen LogP) is -4.10. The van der Waals surface area contributed by atoms with E-state index < -0.39 is 14.0 Å². The fourth-order valence-electron chi connectivity index (χ4n) is 0. The first-order chi connectivity index (χ1) is 3.73. The Hall–Kier alpha value is 4.80. The second-order valence-electron chi connectivity index (χ2n) is 0.796. The normalized spacial score (nSPS) is 6.38. The Kier molecular flexibility index (Phi) is 61.1. The van der Waals surface area contributed by atoms with Crippen LogP contribution in [-0.4, -0.2) is 196 Å². The molecule has 0 saturated carbocycles. The summed E-state index contributed by atoms with van der Waals surface area (Å²) >= 11 is 0. The van der Waals surface area contributed by atoms with Crippen LogP contribution in [0.4, 0.5) is 4.79 Å². The SMILES string of the molecule is O=C(O)O.O=P(O)(O)O.[CaH2].[CaH2].[CaH2].[KH]. The van der Waals surface area contributed by atoms with Gasteiger partial charge in [-0.25, -0.2) is 9.36 Å². The molecule has 0 saturated heterocycles. The zero-order chi connectivity index (χ0) is 8.08. The van der Waals surface area contributed by atoms with Crippen molar-refractivity contribution in [3.8, 4) is 0 Å². The Morgan fingerprint density at radius 2 is 0.923 bits per heavy atom. The number of hydrogen-bond donors (Lipinski definition) is 5. The molecule has 70 valence electrons. The zero-order valence-electron chi connectivity index (χ0n) is 4.00. The van der Waals surface area contributed by atoms with Crippen LogP contribution in [0.1, 0.15) is 0 Å². The van der Waals surface area contributed by atoms with Gasteiger partial charge >= 0.3 is 179 Å². The summed E-state index contributed by atoms with van der Waals surface area (Å²) in [4.78, 5) is 30.1. The maximum absolute atomic E-state index is 8.88. The first kappa shape index (κ1) is 36.1. The van der Waals surface area contributed by atoms with Gasteiger partial charge < -0.3 is 24.9 Å². The molecule has 0 rings (SSSR count). The van der Waals surface area contributed by atoms with E-state index in [9.17, 15) is 0 Å². The monoisotopic (exact) mass is 326 g/mol. The van der Waals surface area contributed by atoms with Gasteiger partial charge in [-0.1, -0.05) is 0 Å². The Bertz CT molecular complexity index is 123. The number of carboxylic acid groups (broad SMARTS) is 2. The van der Waals surface area contributed by atoms with Gasteiger partial charge in [-0.15, -0.1) is 0 Å². The van der Waals surface area contributed by atoms with Crippen molar-refractivity contribution in [1.82, 2.24) is 0 Å². The van der Waals surface area contributed by atoms with Gasteiger partial charge in [0, 0.05) is 0 Å². The van der Waals surface area contributed by atoms with Crippen LogP contribution in [0, 0.1) is 0 Å². The summed E-state index contributed by atoms with van der Waals surface area (Å²) in [5.41, 5.74) is 0. The Morgan fingerprint density at radius 3 is 0.923 bits per heavy atom. The third-order valence-corrected chi connectivity index (χ3v) is 0. The first-order valence-electron chi connectivity index (χ1n) is 1.43. The topological polar surface area (TPSA) is 135 Å². The first-order valence-corrected chi connectivity index (χ1v) is 3.00. The summed E-state index contributed by atoms with van der Waals surface area (Å²) < 4.78 is 8.88. The average molecular weight is 326 g/mol. The fourth-order valence-corrected chi connectivity index (χ4v) is 0. The molecule has 0 aliphatic carbocycles. The molecule has 0 aromatic carbocycles. The summed E-state index contributed by atoms with van der Waals surface area (Å²) in [6, 6.07) is 0. The van der Waals surface area contributed by atoms with E-state index in [1.807, 2.05) is 0 Å². The third-order valence-electron chi connectivity index (χ3n) is 0. The summed E-state index contributed by atoms with van der Waals surface area (Å²) in [5.74, 6) is 0. The van der Waals surface area contributed by atoms with Crippen molar-refractivity contribution in [3.05, 3.63) is 0 Å². The van der Waals surface area contributed by atoms with Crippen molar-refractivity contribution < 1.29 is 34.3 Å². The van der Waals surface area contributed by atoms with Crippen LogP contribution in [-0.2, 0) is 4.57 Å². The minimum atomic E-state index is -4.64. The predicted molar refractivity (Wildman–Crippen MR) is 57.7 cm³/mol. The van der Waals surface area contributed by atoms with Gasteiger partial charge in [0.15, 0.2) is 0 Å². The van der Waals surface area contributed by atoms with Crippen LogP contribution in [0.25, 0.3) is 0 Å². The summed E-state index contributed by atoms with van der Waals surface area (Å²) in [6.45, 7) is 0. The molecule has 0 heterocycles. The molecule has 0 amide bonds. The van der Waals surface area contributed by atoms with E-state index in [2.05, 4.69) is 0 Å². The number of hydrogen-bond acceptors (Lipinski definition) is 2. The molecule has 13 heavy (non-hydrogen) atoms. The molecule has 0 fully saturated rings. The summed E-state index contributed by atoms with van der Waals surface area (Å²) in [6.07, 6.45) is -1.83. The number of carbonyl (C=O) groups is 1. The molecule has 0 unspecified atom stereocenters. The van der Waals surface area contributed by atoms with Crippen LogP contribution >= 0.6 is 7.82 Å². The third kappa shape index (κ3) is 160. The fraction of sp³-hybridized carbons (Fsp3) is 0. The zero-order valence-corrected chi connectivity index (χ0v) is 4.89. The molecule has 0 aliphatic heterocycles. The molecule has 5 N–H and O–H groups in total. The molecule has 0 radical (unpaired) electrons. The van der Waals surface area contributed by atoms with Gasteiger partial charge in [-0.3, -0.25) is 0 Å². The Balaban J connectivity index is -0.0000000146. The van der Waals surface area contributed by atoms with E-state index in [0.29, 0.717) is 0 Å². The Morgan fingerprint density at radius 1 is 0.923 bits per heavy atom. The maximum atomic E-state index is 8.88. The van der Waals surface area contributed by atoms with Crippen molar-refractivity contribution in [1.29, 1.82) is 0 Å². The van der Waals surface area contributed by atoms with E-state index in [0.717, 1.165) is 0 Å². The standard InChI is InChI=1S/CH2O3.3Ca.K.H3O4P.7H/c2-1(3)4;;;;;1-5(2,3)4;;;;;;;/h(H2,2,3,4);;;;;(H3,1,2,3,4);;;;;;;. The second kappa shape index (κ2) is 22.0. The molecule has 0 atom stereocenters. The van der Waals surface area contributed by atoms with Crippen molar-refractivity contribution in [2.24, 2.45) is 0 Å². The molecule has 0 aromatic rings. The molecular weight excluding hydrogens is 314 g/mol. The average Bonchev–Trinajstić information content (AvgIpc) is 1.19. The van der Waals surface area contributed by atoms with Crippen LogP contribution in [0.5, 0.6) is 0 Å². The molecule has 7 nitrogen and oxygen atoms in total. The van der Waals surface area contributed by atoms with Gasteiger partial charge in [-0.05, 0) is 0 Å². The molecule has 0 spiro atoms. The van der Waals surface area contributed by atoms with Crippen LogP contribution in [0.2, 0.25) is 0 Å². The summed E-state index contributed by atoms with van der Waals surface area (Å²) in [7, 11) is -4.64. The second-order valence-corrected chi connectivity index (χ2v) is 1.82. The summed E-state index contributed by atoms with van der Waals surface area (Å²) in [5, 5.41) is 13.9. The van der Waals surface area contributed by atoms with Crippen LogP contribution in [0.15, 0.2) is 0 Å². The van der Waals surface area contributed by atoms with Gasteiger partial charge in [-0.2, -0.15) is 0 Å². The molecular formula is CH12Ca3KO7P. The number of rotatable bonds is 0. The minimum absolute atomic E-state index is 0. The van der Waals surface area contributed by atoms with Gasteiger partial charge in [0.05, 0.1) is 0 Å². The van der Waals surface area contributed by atoms with E-state index >= 15 is 0 Å². The van der Waals surface area contributed by atoms with E-state index in [1.54, 1.807) is 0 Å². The van der Waals surface area contributed by atoms with E-state index in [-0.39, 0.29) is 165 Å². The van der Waals surface area contributed by atoms with E-state index in [1.165, 1.54) is 0 Å². The van der Waals surface area contributed by atoms with Crippen molar-refractivity contribution in [2.45, 2.75) is 0 Å². The molecule has 12 heteroatoms. The molecule has 0 bridgehead atoms. The Labute approximate surface area is 207 Å². The molecule has 0 aliphatic rings. The van der Waals surface area contributed by atoms with Crippen LogP contribution in [0.3, 0.4) is 0 Å². The van der Waals surface area contributed by atoms with Gasteiger partial charge in [0.2, 0.25) is 0 Å². The van der Waals surface area contributed by atoms with Crippen LogP contribution < -0.4 is 0 Å².